The molecule has 2 aromatic carbocycles. The molecule has 1 heterocycles. The molecule has 0 bridgehead atoms. The van der Waals surface area contributed by atoms with Crippen molar-refractivity contribution in [1.29, 1.82) is 0 Å². The average molecular weight is 408 g/mol. The summed E-state index contributed by atoms with van der Waals surface area (Å²) >= 11 is 0. The third-order valence-electron chi connectivity index (χ3n) is 4.42. The maximum absolute atomic E-state index is 14.3. The molecule has 7 nitrogen and oxygen atoms in total. The van der Waals surface area contributed by atoms with Gasteiger partial charge in [0, 0.05) is 5.56 Å². The largest absolute Gasteiger partial charge is 0.369 e. The normalized spacial score (nSPS) is 13.2. The minimum atomic E-state index is -3.85. The summed E-state index contributed by atoms with van der Waals surface area (Å²) in [5, 5.41) is -0.788. The summed E-state index contributed by atoms with van der Waals surface area (Å²) in [6, 6.07) is 7.66. The quantitative estimate of drug-likeness (QED) is 0.670. The Balaban J connectivity index is 2.28. The van der Waals surface area contributed by atoms with Gasteiger partial charge in [-0.3, -0.25) is 4.79 Å². The van der Waals surface area contributed by atoms with Crippen LogP contribution in [0, 0.1) is 11.6 Å². The molecule has 0 radical (unpaired) electrons. The summed E-state index contributed by atoms with van der Waals surface area (Å²) in [5.41, 5.74) is 11.6. The Hall–Kier alpha value is -3.01. The van der Waals surface area contributed by atoms with E-state index in [0.717, 1.165) is 10.0 Å². The minimum absolute atomic E-state index is 0.117. The number of rotatable bonds is 5. The predicted molar refractivity (Wildman–Crippen MR) is 101 cm³/mol. The van der Waals surface area contributed by atoms with Crippen LogP contribution in [0.4, 0.5) is 14.7 Å². The second kappa shape index (κ2) is 6.86. The Morgan fingerprint density at radius 1 is 1.18 bits per heavy atom. The van der Waals surface area contributed by atoms with Crippen LogP contribution >= 0.6 is 0 Å². The fourth-order valence-corrected chi connectivity index (χ4v) is 4.13. The standard InChI is InChI=1S/C18H18F2N4O3S/c1-9(2)28(26,27)24-14-8-10(6-7-13(14)23-18(24)22)15(17(21)25)11-4-3-5-12(19)16(11)20/h3-9,15H,1-2H3,(H2,21,25)(H2,22,23). The fourth-order valence-electron chi connectivity index (χ4n) is 2.99. The summed E-state index contributed by atoms with van der Waals surface area (Å²) in [5.74, 6) is -4.81. The highest BCUT2D eigenvalue weighted by molar-refractivity contribution is 7.90. The SMILES string of the molecule is CC(C)S(=O)(=O)n1c(N)nc2ccc(C(C(N)=O)c3cccc(F)c3F)cc21. The van der Waals surface area contributed by atoms with Crippen LogP contribution < -0.4 is 11.5 Å². The van der Waals surface area contributed by atoms with Crippen LogP contribution in [-0.2, 0) is 14.8 Å². The topological polar surface area (TPSA) is 121 Å². The van der Waals surface area contributed by atoms with Gasteiger partial charge in [0.25, 0.3) is 0 Å². The van der Waals surface area contributed by atoms with Crippen molar-refractivity contribution in [3.05, 3.63) is 59.2 Å². The van der Waals surface area contributed by atoms with Crippen LogP contribution in [0.5, 0.6) is 0 Å². The zero-order chi connectivity index (χ0) is 20.8. The van der Waals surface area contributed by atoms with Gasteiger partial charge in [-0.1, -0.05) is 18.2 Å². The van der Waals surface area contributed by atoms with E-state index in [-0.39, 0.29) is 28.1 Å². The Morgan fingerprint density at radius 3 is 2.46 bits per heavy atom. The van der Waals surface area contributed by atoms with E-state index in [1.165, 1.54) is 44.2 Å². The third-order valence-corrected chi connectivity index (χ3v) is 6.51. The van der Waals surface area contributed by atoms with Crippen LogP contribution in [0.1, 0.15) is 30.9 Å². The van der Waals surface area contributed by atoms with Crippen molar-refractivity contribution >= 4 is 32.9 Å². The molecular weight excluding hydrogens is 390 g/mol. The number of hydrogen-bond donors (Lipinski definition) is 2. The van der Waals surface area contributed by atoms with Gasteiger partial charge in [0.05, 0.1) is 22.2 Å². The molecule has 0 saturated heterocycles. The number of nitrogen functional groups attached to an aromatic ring is 1. The number of primary amides is 1. The molecule has 3 rings (SSSR count). The first kappa shape index (κ1) is 19.7. The summed E-state index contributed by atoms with van der Waals surface area (Å²) in [6.07, 6.45) is 0. The maximum atomic E-state index is 14.3. The van der Waals surface area contributed by atoms with Crippen molar-refractivity contribution in [1.82, 2.24) is 8.96 Å². The first-order valence-electron chi connectivity index (χ1n) is 8.31. The number of nitrogens with zero attached hydrogens (tertiary/aromatic N) is 2. The second-order valence-electron chi connectivity index (χ2n) is 6.55. The van der Waals surface area contributed by atoms with Crippen molar-refractivity contribution in [3.8, 4) is 0 Å². The van der Waals surface area contributed by atoms with E-state index in [1.807, 2.05) is 0 Å². The fraction of sp³-hybridized carbons (Fsp3) is 0.222. The van der Waals surface area contributed by atoms with Crippen molar-refractivity contribution < 1.29 is 22.0 Å². The Morgan fingerprint density at radius 2 is 1.86 bits per heavy atom. The molecule has 3 aromatic rings. The van der Waals surface area contributed by atoms with Gasteiger partial charge in [-0.15, -0.1) is 0 Å². The molecule has 0 aliphatic rings. The monoisotopic (exact) mass is 408 g/mol. The van der Waals surface area contributed by atoms with Crippen molar-refractivity contribution in [2.45, 2.75) is 25.0 Å². The summed E-state index contributed by atoms with van der Waals surface area (Å²) < 4.78 is 54.1. The van der Waals surface area contributed by atoms with Gasteiger partial charge in [0.2, 0.25) is 21.9 Å². The number of amides is 1. The smallest absolute Gasteiger partial charge is 0.244 e. The highest BCUT2D eigenvalue weighted by Crippen LogP contribution is 2.31. The number of halogens is 2. The van der Waals surface area contributed by atoms with Gasteiger partial charge in [0.1, 0.15) is 0 Å². The van der Waals surface area contributed by atoms with Gasteiger partial charge in [-0.25, -0.2) is 26.2 Å². The van der Waals surface area contributed by atoms with Crippen LogP contribution in [-0.4, -0.2) is 28.5 Å². The van der Waals surface area contributed by atoms with Crippen molar-refractivity contribution in [2.24, 2.45) is 5.73 Å². The van der Waals surface area contributed by atoms with Crippen molar-refractivity contribution in [2.75, 3.05) is 5.73 Å². The van der Waals surface area contributed by atoms with Crippen LogP contribution in [0.2, 0.25) is 0 Å². The summed E-state index contributed by atoms with van der Waals surface area (Å²) in [4.78, 5) is 16.1. The van der Waals surface area contributed by atoms with E-state index in [4.69, 9.17) is 11.5 Å². The van der Waals surface area contributed by atoms with E-state index in [9.17, 15) is 22.0 Å². The lowest BCUT2D eigenvalue weighted by atomic mass is 9.90. The zero-order valence-corrected chi connectivity index (χ0v) is 15.9. The third kappa shape index (κ3) is 3.09. The molecule has 1 amide bonds. The Bertz CT molecular complexity index is 1190. The van der Waals surface area contributed by atoms with Crippen LogP contribution in [0.15, 0.2) is 36.4 Å². The lowest BCUT2D eigenvalue weighted by Gasteiger charge is -2.16. The molecule has 28 heavy (non-hydrogen) atoms. The van der Waals surface area contributed by atoms with E-state index in [2.05, 4.69) is 4.98 Å². The van der Waals surface area contributed by atoms with E-state index >= 15 is 0 Å². The highest BCUT2D eigenvalue weighted by atomic mass is 32.2. The number of benzene rings is 2. The molecule has 1 unspecified atom stereocenters. The molecule has 0 saturated carbocycles. The van der Waals surface area contributed by atoms with Crippen LogP contribution in [0.3, 0.4) is 0 Å². The number of aromatic nitrogens is 2. The molecule has 1 aromatic heterocycles. The number of fused-ring (bicyclic) bond motifs is 1. The lowest BCUT2D eigenvalue weighted by molar-refractivity contribution is -0.118. The van der Waals surface area contributed by atoms with E-state index in [1.54, 1.807) is 0 Å². The number of anilines is 1. The zero-order valence-electron chi connectivity index (χ0n) is 15.1. The van der Waals surface area contributed by atoms with Crippen LogP contribution in [0.25, 0.3) is 11.0 Å². The average Bonchev–Trinajstić information content (AvgIpc) is 2.94. The van der Waals surface area contributed by atoms with Gasteiger partial charge >= 0.3 is 0 Å². The van der Waals surface area contributed by atoms with Gasteiger partial charge < -0.3 is 11.5 Å². The molecule has 0 aliphatic heterocycles. The van der Waals surface area contributed by atoms with Gasteiger partial charge in [-0.05, 0) is 37.6 Å². The summed E-state index contributed by atoms with van der Waals surface area (Å²) in [6.45, 7) is 2.97. The molecule has 0 aliphatic carbocycles. The second-order valence-corrected chi connectivity index (χ2v) is 8.89. The highest BCUT2D eigenvalue weighted by Gasteiger charge is 2.28. The summed E-state index contributed by atoms with van der Waals surface area (Å²) in [7, 11) is -3.85. The molecule has 10 heteroatoms. The number of nitrogens with two attached hydrogens (primary N) is 2. The number of hydrogen-bond acceptors (Lipinski definition) is 5. The van der Waals surface area contributed by atoms with Gasteiger partial charge in [-0.2, -0.15) is 0 Å². The number of carbonyl (C=O) groups is 1. The molecule has 0 fully saturated rings. The molecular formula is C18H18F2N4O3S. The van der Waals surface area contributed by atoms with Gasteiger partial charge in [0.15, 0.2) is 11.6 Å². The van der Waals surface area contributed by atoms with Crippen molar-refractivity contribution in [3.63, 3.8) is 0 Å². The Labute approximate surface area is 160 Å². The maximum Gasteiger partial charge on any atom is 0.244 e. The first-order valence-corrected chi connectivity index (χ1v) is 9.81. The number of imidazole rings is 1. The minimum Gasteiger partial charge on any atom is -0.369 e. The molecule has 4 N–H and O–H groups in total. The Kier molecular flexibility index (Phi) is 4.84. The van der Waals surface area contributed by atoms with E-state index in [0.29, 0.717) is 0 Å². The predicted octanol–water partition coefficient (Wildman–Crippen LogP) is 2.10. The molecule has 148 valence electrons. The number of carbonyl (C=O) groups excluding carboxylic acids is 1. The molecule has 0 spiro atoms. The lowest BCUT2D eigenvalue weighted by Crippen LogP contribution is -2.25. The van der Waals surface area contributed by atoms with E-state index < -0.39 is 38.7 Å². The molecule has 1 atom stereocenters. The first-order chi connectivity index (χ1) is 13.1.